The third-order valence-corrected chi connectivity index (χ3v) is 3.41. The van der Waals surface area contributed by atoms with Gasteiger partial charge in [0.25, 0.3) is 0 Å². The summed E-state index contributed by atoms with van der Waals surface area (Å²) in [6, 6.07) is 9.41. The highest BCUT2D eigenvalue weighted by Crippen LogP contribution is 2.16. The van der Waals surface area contributed by atoms with Crippen LogP contribution >= 0.6 is 11.8 Å². The first-order valence-electron chi connectivity index (χ1n) is 4.93. The summed E-state index contributed by atoms with van der Waals surface area (Å²) in [7, 11) is 0. The van der Waals surface area contributed by atoms with Crippen LogP contribution in [0.4, 0.5) is 0 Å². The highest BCUT2D eigenvalue weighted by molar-refractivity contribution is 7.98. The van der Waals surface area contributed by atoms with Crippen LogP contribution in [0.15, 0.2) is 24.3 Å². The Kier molecular flexibility index (Phi) is 4.87. The molecule has 16 heavy (non-hydrogen) atoms. The topological polar surface area (TPSA) is 61.1 Å². The predicted octanol–water partition coefficient (Wildman–Crippen LogP) is 2.51. The first-order chi connectivity index (χ1) is 7.63. The first kappa shape index (κ1) is 12.6. The van der Waals surface area contributed by atoms with Crippen molar-refractivity contribution < 1.29 is 9.90 Å². The quantitative estimate of drug-likeness (QED) is 0.851. The third kappa shape index (κ3) is 3.95. The monoisotopic (exact) mass is 235 g/mol. The van der Waals surface area contributed by atoms with Gasteiger partial charge in [-0.05, 0) is 17.7 Å². The number of thioether (sulfide) groups is 1. The largest absolute Gasteiger partial charge is 0.481 e. The Morgan fingerprint density at radius 2 is 2.12 bits per heavy atom. The molecule has 1 aromatic carbocycles. The minimum atomic E-state index is -0.757. The van der Waals surface area contributed by atoms with E-state index in [1.807, 2.05) is 12.1 Å². The van der Waals surface area contributed by atoms with Gasteiger partial charge in [0.05, 0.1) is 17.6 Å². The number of carbonyl (C=O) groups is 1. The summed E-state index contributed by atoms with van der Waals surface area (Å²) in [6.07, 6.45) is 0. The van der Waals surface area contributed by atoms with E-state index in [0.717, 1.165) is 11.3 Å². The van der Waals surface area contributed by atoms with Gasteiger partial charge in [-0.1, -0.05) is 19.1 Å². The lowest BCUT2D eigenvalue weighted by atomic mass is 10.2. The van der Waals surface area contributed by atoms with Gasteiger partial charge in [0.15, 0.2) is 0 Å². The molecule has 0 aliphatic heterocycles. The highest BCUT2D eigenvalue weighted by atomic mass is 32.2. The minimum Gasteiger partial charge on any atom is -0.481 e. The Balaban J connectivity index is 2.38. The molecule has 0 aromatic heterocycles. The Hall–Kier alpha value is -1.47. The molecule has 0 radical (unpaired) electrons. The Labute approximate surface area is 99.1 Å². The third-order valence-electron chi connectivity index (χ3n) is 2.14. The van der Waals surface area contributed by atoms with Gasteiger partial charge in [-0.3, -0.25) is 4.79 Å². The van der Waals surface area contributed by atoms with E-state index in [1.54, 1.807) is 30.8 Å². The van der Waals surface area contributed by atoms with Crippen molar-refractivity contribution in [3.8, 4) is 6.07 Å². The van der Waals surface area contributed by atoms with Crippen LogP contribution in [-0.2, 0) is 10.5 Å². The van der Waals surface area contributed by atoms with Gasteiger partial charge in [0, 0.05) is 11.5 Å². The fraction of sp³-hybridized carbons (Fsp3) is 0.333. The molecule has 0 heterocycles. The molecule has 0 saturated heterocycles. The fourth-order valence-electron chi connectivity index (χ4n) is 1.10. The molecule has 0 aliphatic carbocycles. The van der Waals surface area contributed by atoms with E-state index in [2.05, 4.69) is 6.07 Å². The van der Waals surface area contributed by atoms with Gasteiger partial charge in [0.1, 0.15) is 0 Å². The van der Waals surface area contributed by atoms with Crippen LogP contribution in [0.5, 0.6) is 0 Å². The molecular formula is C12H13NO2S. The molecule has 0 spiro atoms. The standard InChI is InChI=1S/C12H13NO2S/c1-9(12(14)15)7-16-8-11-4-2-10(6-13)3-5-11/h2-5,9H,7-8H2,1H3,(H,14,15). The number of benzene rings is 1. The molecule has 0 saturated carbocycles. The maximum absolute atomic E-state index is 10.6. The molecule has 3 nitrogen and oxygen atoms in total. The maximum atomic E-state index is 10.6. The van der Waals surface area contributed by atoms with Crippen LogP contribution in [0.25, 0.3) is 0 Å². The number of nitriles is 1. The summed E-state index contributed by atoms with van der Waals surface area (Å²) in [5, 5.41) is 17.3. The average molecular weight is 235 g/mol. The van der Waals surface area contributed by atoms with Gasteiger partial charge in [-0.15, -0.1) is 0 Å². The zero-order valence-electron chi connectivity index (χ0n) is 9.01. The van der Waals surface area contributed by atoms with E-state index in [4.69, 9.17) is 10.4 Å². The summed E-state index contributed by atoms with van der Waals surface area (Å²) < 4.78 is 0. The zero-order valence-corrected chi connectivity index (χ0v) is 9.83. The number of hydrogen-bond donors (Lipinski definition) is 1. The van der Waals surface area contributed by atoms with Crippen molar-refractivity contribution in [2.24, 2.45) is 5.92 Å². The summed E-state index contributed by atoms with van der Waals surface area (Å²) in [5.41, 5.74) is 1.76. The Bertz CT molecular complexity index is 394. The lowest BCUT2D eigenvalue weighted by molar-refractivity contribution is -0.140. The number of nitrogens with zero attached hydrogens (tertiary/aromatic N) is 1. The van der Waals surface area contributed by atoms with Crippen LogP contribution in [-0.4, -0.2) is 16.8 Å². The van der Waals surface area contributed by atoms with E-state index in [-0.39, 0.29) is 5.92 Å². The van der Waals surface area contributed by atoms with Crippen molar-refractivity contribution in [2.45, 2.75) is 12.7 Å². The summed E-state index contributed by atoms with van der Waals surface area (Å²) >= 11 is 1.59. The second kappa shape index (κ2) is 6.19. The predicted molar refractivity (Wildman–Crippen MR) is 64.1 cm³/mol. The van der Waals surface area contributed by atoms with E-state index >= 15 is 0 Å². The summed E-state index contributed by atoms with van der Waals surface area (Å²) in [5.74, 6) is 0.314. The van der Waals surface area contributed by atoms with Crippen molar-refractivity contribution >= 4 is 17.7 Å². The fourth-order valence-corrected chi connectivity index (χ4v) is 2.14. The Morgan fingerprint density at radius 3 is 2.62 bits per heavy atom. The van der Waals surface area contributed by atoms with E-state index < -0.39 is 5.97 Å². The van der Waals surface area contributed by atoms with E-state index in [1.165, 1.54) is 0 Å². The average Bonchev–Trinajstić information content (AvgIpc) is 2.29. The molecule has 1 unspecified atom stereocenters. The van der Waals surface area contributed by atoms with Gasteiger partial charge in [-0.25, -0.2) is 0 Å². The van der Waals surface area contributed by atoms with Crippen LogP contribution in [0.2, 0.25) is 0 Å². The van der Waals surface area contributed by atoms with Crippen molar-refractivity contribution in [1.29, 1.82) is 5.26 Å². The second-order valence-electron chi connectivity index (χ2n) is 3.56. The molecule has 84 valence electrons. The molecule has 1 rings (SSSR count). The normalized spacial score (nSPS) is 11.8. The molecule has 0 fully saturated rings. The molecule has 0 amide bonds. The van der Waals surface area contributed by atoms with Crippen molar-refractivity contribution in [1.82, 2.24) is 0 Å². The highest BCUT2D eigenvalue weighted by Gasteiger charge is 2.10. The molecule has 1 N–H and O–H groups in total. The van der Waals surface area contributed by atoms with Crippen molar-refractivity contribution in [2.75, 3.05) is 5.75 Å². The number of aliphatic carboxylic acids is 1. The number of carboxylic acids is 1. The number of carboxylic acid groups (broad SMARTS) is 1. The van der Waals surface area contributed by atoms with Crippen LogP contribution in [0.3, 0.4) is 0 Å². The molecule has 0 bridgehead atoms. The molecular weight excluding hydrogens is 222 g/mol. The van der Waals surface area contributed by atoms with Gasteiger partial charge in [0.2, 0.25) is 0 Å². The van der Waals surface area contributed by atoms with Gasteiger partial charge >= 0.3 is 5.97 Å². The molecule has 0 aliphatic rings. The Morgan fingerprint density at radius 1 is 1.50 bits per heavy atom. The summed E-state index contributed by atoms with van der Waals surface area (Å²) in [4.78, 5) is 10.6. The van der Waals surface area contributed by atoms with E-state index in [9.17, 15) is 4.79 Å². The maximum Gasteiger partial charge on any atom is 0.307 e. The van der Waals surface area contributed by atoms with Crippen molar-refractivity contribution in [3.63, 3.8) is 0 Å². The lowest BCUT2D eigenvalue weighted by Gasteiger charge is -2.05. The van der Waals surface area contributed by atoms with Crippen LogP contribution in [0.1, 0.15) is 18.1 Å². The molecule has 1 atom stereocenters. The van der Waals surface area contributed by atoms with Crippen molar-refractivity contribution in [3.05, 3.63) is 35.4 Å². The van der Waals surface area contributed by atoms with Gasteiger partial charge < -0.3 is 5.11 Å². The number of rotatable bonds is 5. The second-order valence-corrected chi connectivity index (χ2v) is 4.59. The zero-order chi connectivity index (χ0) is 12.0. The minimum absolute atomic E-state index is 0.316. The van der Waals surface area contributed by atoms with Crippen LogP contribution in [0, 0.1) is 17.2 Å². The summed E-state index contributed by atoms with van der Waals surface area (Å²) in [6.45, 7) is 1.70. The SMILES string of the molecule is CC(CSCc1ccc(C#N)cc1)C(=O)O. The first-order valence-corrected chi connectivity index (χ1v) is 6.08. The lowest BCUT2D eigenvalue weighted by Crippen LogP contribution is -2.11. The number of hydrogen-bond acceptors (Lipinski definition) is 3. The van der Waals surface area contributed by atoms with E-state index in [0.29, 0.717) is 11.3 Å². The molecule has 4 heteroatoms. The van der Waals surface area contributed by atoms with Gasteiger partial charge in [-0.2, -0.15) is 17.0 Å². The smallest absolute Gasteiger partial charge is 0.307 e. The van der Waals surface area contributed by atoms with Crippen LogP contribution < -0.4 is 0 Å². The molecule has 1 aromatic rings.